The molecule has 0 saturated heterocycles. The van der Waals surface area contributed by atoms with Crippen LogP contribution in [0.4, 0.5) is 5.00 Å². The molecule has 3 aliphatic heterocycles. The summed E-state index contributed by atoms with van der Waals surface area (Å²) >= 11 is 1.20. The number of hydrazone groups is 1. The molecule has 2 atom stereocenters. The Kier molecular flexibility index (Phi) is 5.90. The normalized spacial score (nSPS) is 23.2. The third-order valence-electron chi connectivity index (χ3n) is 5.44. The van der Waals surface area contributed by atoms with E-state index in [1.807, 2.05) is 30.5 Å². The molecule has 1 aromatic rings. The van der Waals surface area contributed by atoms with Crippen LogP contribution in [-0.4, -0.2) is 87.3 Å². The van der Waals surface area contributed by atoms with Gasteiger partial charge in [-0.15, -0.1) is 11.3 Å². The number of sulfonamides is 1. The second kappa shape index (κ2) is 8.34. The topological polar surface area (TPSA) is 119 Å². The standard InChI is InChI=1S/C19H28N8O2S2/c1-12-7-16(30-19(12)31(28,29)25(2)3)24-17-18-21-9-15(13-8-22-26(4)10-13)27(18)11-14(23-17)5-6-20/h7-8,11,13,15H,5-6,9-10,20H2,1-4H3,(H,23,24). The van der Waals surface area contributed by atoms with Gasteiger partial charge in [0.15, 0.2) is 11.7 Å². The Bertz CT molecular complexity index is 1090. The third kappa shape index (κ3) is 4.12. The summed E-state index contributed by atoms with van der Waals surface area (Å²) in [6, 6.07) is 2.00. The molecule has 31 heavy (non-hydrogen) atoms. The maximum absolute atomic E-state index is 12.6. The summed E-state index contributed by atoms with van der Waals surface area (Å²) in [6.45, 7) is 3.78. The number of rotatable bonds is 6. The molecule has 10 nitrogen and oxygen atoms in total. The van der Waals surface area contributed by atoms with E-state index in [1.54, 1.807) is 6.92 Å². The predicted molar refractivity (Wildman–Crippen MR) is 125 cm³/mol. The van der Waals surface area contributed by atoms with Gasteiger partial charge in [0.1, 0.15) is 4.21 Å². The largest absolute Gasteiger partial charge is 0.330 e. The maximum Gasteiger partial charge on any atom is 0.252 e. The maximum atomic E-state index is 12.6. The van der Waals surface area contributed by atoms with Crippen LogP contribution in [0.5, 0.6) is 0 Å². The lowest BCUT2D eigenvalue weighted by atomic mass is 10.0. The van der Waals surface area contributed by atoms with Gasteiger partial charge >= 0.3 is 0 Å². The number of anilines is 1. The summed E-state index contributed by atoms with van der Waals surface area (Å²) in [6.07, 6.45) is 4.66. The van der Waals surface area contributed by atoms with Gasteiger partial charge in [-0.2, -0.15) is 5.10 Å². The average molecular weight is 465 g/mol. The molecule has 3 N–H and O–H groups in total. The van der Waals surface area contributed by atoms with Gasteiger partial charge in [0.25, 0.3) is 10.0 Å². The summed E-state index contributed by atoms with van der Waals surface area (Å²) in [4.78, 5) is 11.7. The summed E-state index contributed by atoms with van der Waals surface area (Å²) in [5.74, 6) is 1.64. The molecule has 0 amide bonds. The van der Waals surface area contributed by atoms with Crippen molar-refractivity contribution in [3.63, 3.8) is 0 Å². The molecule has 0 aromatic carbocycles. The van der Waals surface area contributed by atoms with Gasteiger partial charge in [-0.05, 0) is 25.1 Å². The molecule has 0 saturated carbocycles. The van der Waals surface area contributed by atoms with E-state index in [0.29, 0.717) is 40.1 Å². The highest BCUT2D eigenvalue weighted by Crippen LogP contribution is 2.33. The number of hydrogen-bond acceptors (Lipinski definition) is 10. The molecule has 0 radical (unpaired) electrons. The van der Waals surface area contributed by atoms with Crippen molar-refractivity contribution in [1.82, 2.24) is 14.2 Å². The smallest absolute Gasteiger partial charge is 0.252 e. The second-order valence-electron chi connectivity index (χ2n) is 8.02. The van der Waals surface area contributed by atoms with Crippen molar-refractivity contribution in [3.05, 3.63) is 23.5 Å². The Labute approximate surface area is 186 Å². The fourth-order valence-electron chi connectivity index (χ4n) is 3.82. The molecule has 168 valence electrons. The molecule has 0 fully saturated rings. The number of aryl methyl sites for hydroxylation is 1. The van der Waals surface area contributed by atoms with Crippen LogP contribution in [0.3, 0.4) is 0 Å². The zero-order valence-electron chi connectivity index (χ0n) is 18.1. The molecule has 1 aromatic heterocycles. The first-order valence-electron chi connectivity index (χ1n) is 10.1. The van der Waals surface area contributed by atoms with E-state index in [0.717, 1.165) is 18.1 Å². The van der Waals surface area contributed by atoms with E-state index in [4.69, 9.17) is 15.7 Å². The first-order valence-corrected chi connectivity index (χ1v) is 12.3. The van der Waals surface area contributed by atoms with Crippen LogP contribution in [0.25, 0.3) is 0 Å². The van der Waals surface area contributed by atoms with E-state index in [-0.39, 0.29) is 12.0 Å². The third-order valence-corrected chi connectivity index (χ3v) is 9.02. The summed E-state index contributed by atoms with van der Waals surface area (Å²) < 4.78 is 26.8. The van der Waals surface area contributed by atoms with E-state index >= 15 is 0 Å². The zero-order valence-corrected chi connectivity index (χ0v) is 19.7. The molecular weight excluding hydrogens is 436 g/mol. The minimum atomic E-state index is -3.51. The van der Waals surface area contributed by atoms with Gasteiger partial charge < -0.3 is 16.0 Å². The molecule has 12 heteroatoms. The van der Waals surface area contributed by atoms with Gasteiger partial charge in [0.2, 0.25) is 0 Å². The van der Waals surface area contributed by atoms with Crippen molar-refractivity contribution in [1.29, 1.82) is 0 Å². The number of aliphatic imine (C=N–C) groups is 2. The Hall–Kier alpha value is -2.28. The quantitative estimate of drug-likeness (QED) is 0.647. The molecular formula is C19H28N8O2S2. The lowest BCUT2D eigenvalue weighted by Crippen LogP contribution is -2.45. The molecule has 0 spiro atoms. The SMILES string of the molecule is Cc1cc(NC2=NC(CCN)=CN3C2=NCC3C2C=NN(C)C2)sc1S(=O)(=O)N(C)C. The van der Waals surface area contributed by atoms with Crippen LogP contribution < -0.4 is 11.1 Å². The van der Waals surface area contributed by atoms with Crippen LogP contribution in [0.1, 0.15) is 12.0 Å². The van der Waals surface area contributed by atoms with E-state index in [2.05, 4.69) is 15.3 Å². The molecule has 0 bridgehead atoms. The van der Waals surface area contributed by atoms with Crippen LogP contribution in [0.15, 0.2) is 37.3 Å². The number of fused-ring (bicyclic) bond motifs is 1. The van der Waals surface area contributed by atoms with Gasteiger partial charge in [-0.3, -0.25) is 10.0 Å². The van der Waals surface area contributed by atoms with Crippen molar-refractivity contribution < 1.29 is 8.42 Å². The van der Waals surface area contributed by atoms with Crippen molar-refractivity contribution in [2.45, 2.75) is 23.6 Å². The number of nitrogens with one attached hydrogen (secondary N) is 1. The fourth-order valence-corrected chi connectivity index (χ4v) is 6.56. The van der Waals surface area contributed by atoms with E-state index in [1.165, 1.54) is 29.7 Å². The lowest BCUT2D eigenvalue weighted by molar-refractivity contribution is 0.298. The molecule has 4 heterocycles. The van der Waals surface area contributed by atoms with Crippen LogP contribution in [0, 0.1) is 12.8 Å². The highest BCUT2D eigenvalue weighted by Gasteiger charge is 2.38. The first kappa shape index (κ1) is 21.9. The van der Waals surface area contributed by atoms with Crippen molar-refractivity contribution in [3.8, 4) is 0 Å². The number of nitrogens with zero attached hydrogens (tertiary/aromatic N) is 6. The number of amidine groups is 2. The highest BCUT2D eigenvalue weighted by atomic mass is 32.2. The van der Waals surface area contributed by atoms with Crippen molar-refractivity contribution in [2.24, 2.45) is 26.7 Å². The van der Waals surface area contributed by atoms with Gasteiger partial charge in [-0.25, -0.2) is 17.7 Å². The Morgan fingerprint density at radius 3 is 2.81 bits per heavy atom. The van der Waals surface area contributed by atoms with Crippen LogP contribution in [0.2, 0.25) is 0 Å². The number of nitrogens with two attached hydrogens (primary N) is 1. The highest BCUT2D eigenvalue weighted by molar-refractivity contribution is 7.91. The Morgan fingerprint density at radius 1 is 1.39 bits per heavy atom. The second-order valence-corrected chi connectivity index (χ2v) is 11.4. The van der Waals surface area contributed by atoms with Crippen LogP contribution >= 0.6 is 11.3 Å². The van der Waals surface area contributed by atoms with Crippen LogP contribution in [-0.2, 0) is 10.0 Å². The lowest BCUT2D eigenvalue weighted by Gasteiger charge is -2.31. The monoisotopic (exact) mass is 464 g/mol. The Morgan fingerprint density at radius 2 is 2.16 bits per heavy atom. The molecule has 3 aliphatic rings. The predicted octanol–water partition coefficient (Wildman–Crippen LogP) is 0.951. The number of hydrogen-bond donors (Lipinski definition) is 2. The first-order chi connectivity index (χ1) is 14.7. The van der Waals surface area contributed by atoms with Gasteiger partial charge in [0.05, 0.1) is 23.3 Å². The minimum absolute atomic E-state index is 0.165. The Balaban J connectivity index is 1.61. The van der Waals surface area contributed by atoms with Gasteiger partial charge in [-0.1, -0.05) is 0 Å². The van der Waals surface area contributed by atoms with Crippen molar-refractivity contribution >= 4 is 44.2 Å². The number of thiophene rings is 1. The zero-order chi connectivity index (χ0) is 22.3. The van der Waals surface area contributed by atoms with E-state index < -0.39 is 10.0 Å². The summed E-state index contributed by atoms with van der Waals surface area (Å²) in [5.41, 5.74) is 7.36. The summed E-state index contributed by atoms with van der Waals surface area (Å²) in [7, 11) is 1.53. The van der Waals surface area contributed by atoms with Gasteiger partial charge in [0, 0.05) is 52.4 Å². The molecule has 0 aliphatic carbocycles. The molecule has 2 unspecified atom stereocenters. The van der Waals surface area contributed by atoms with E-state index in [9.17, 15) is 8.42 Å². The molecule has 4 rings (SSSR count). The van der Waals surface area contributed by atoms with Crippen molar-refractivity contribution in [2.75, 3.05) is 46.1 Å². The summed E-state index contributed by atoms with van der Waals surface area (Å²) in [5, 5.41) is 10.3. The fraction of sp³-hybridized carbons (Fsp3) is 0.526. The average Bonchev–Trinajstić information content (AvgIpc) is 3.40. The minimum Gasteiger partial charge on any atom is -0.330 e.